The van der Waals surface area contributed by atoms with Crippen LogP contribution in [0, 0.1) is 0 Å². The maximum atomic E-state index is 16.5. The lowest BCUT2D eigenvalue weighted by Gasteiger charge is -2.44. The Morgan fingerprint density at radius 3 is 1.93 bits per heavy atom. The number of para-hydroxylation sites is 1. The number of hydrogen-bond donors (Lipinski definition) is 17. The molecule has 17 bridgehead atoms. The Bertz CT molecular complexity index is 6320. The van der Waals surface area contributed by atoms with Crippen molar-refractivity contribution in [3.8, 4) is 80.1 Å². The van der Waals surface area contributed by atoms with E-state index in [0.717, 1.165) is 94.6 Å². The number of carbonyl (C=O) groups excluding carboxylic acids is 7. The summed E-state index contributed by atoms with van der Waals surface area (Å²) in [5, 5.41) is 137. The molecule has 0 spiro atoms. The van der Waals surface area contributed by atoms with Gasteiger partial charge >= 0.3 is 5.97 Å². The summed E-state index contributed by atoms with van der Waals surface area (Å²) in [6, 6.07) is 24.8. The molecule has 0 unspecified atom stereocenters. The predicted molar refractivity (Wildman–Crippen MR) is 434 cm³/mol. The zero-order chi connectivity index (χ0) is 84.8. The number of carbonyl (C=O) groups is 8. The molecular weight excluding hydrogens is 1650 g/mol. The fraction of sp³-hybridized carbons (Fsp3) is 0.188. The van der Waals surface area contributed by atoms with Crippen molar-refractivity contribution < 1.29 is 113 Å². The van der Waals surface area contributed by atoms with Crippen molar-refractivity contribution in [3.05, 3.63) is 231 Å². The molecule has 616 valence electrons. The van der Waals surface area contributed by atoms with Crippen LogP contribution in [0.4, 0.5) is 0 Å². The van der Waals surface area contributed by atoms with Gasteiger partial charge in [-0.25, -0.2) is 9.78 Å². The summed E-state index contributed by atoms with van der Waals surface area (Å²) in [6.07, 6.45) is -8.54. The fourth-order valence-corrected chi connectivity index (χ4v) is 18.2. The van der Waals surface area contributed by atoms with E-state index < -0.39 is 213 Å². The molecule has 10 aromatic carbocycles. The van der Waals surface area contributed by atoms with Crippen LogP contribution in [0.15, 0.2) is 191 Å². The molecule has 1 fully saturated rings. The number of carboxylic acid groups (broad SMARTS) is 1. The summed E-state index contributed by atoms with van der Waals surface area (Å²) >= 11 is 17.1. The molecule has 0 aliphatic carbocycles. The van der Waals surface area contributed by atoms with Crippen molar-refractivity contribution in [2.24, 2.45) is 0 Å². The number of phenolic OH excluding ortho intramolecular Hbond substituents is 6. The smallest absolute Gasteiger partial charge is 0.330 e. The number of thiazole rings is 1. The number of aromatic nitrogens is 2. The number of ether oxygens (including phenoxy) is 5. The molecule has 0 saturated carbocycles. The Morgan fingerprint density at radius 1 is 0.587 bits per heavy atom. The highest BCUT2D eigenvalue weighted by Gasteiger charge is 2.50. The summed E-state index contributed by atoms with van der Waals surface area (Å²) in [6.45, 7) is 0.0207. The molecule has 19 rings (SSSR count). The molecule has 7 amide bonds. The van der Waals surface area contributed by atoms with Gasteiger partial charge in [-0.3, -0.25) is 33.6 Å². The summed E-state index contributed by atoms with van der Waals surface area (Å²) in [5.41, 5.74) is -1.82. The van der Waals surface area contributed by atoms with Gasteiger partial charge in [0.15, 0.2) is 39.7 Å². The van der Waals surface area contributed by atoms with E-state index >= 15 is 28.8 Å². The molecule has 7 aliphatic heterocycles. The molecule has 17 N–H and O–H groups in total. The highest BCUT2D eigenvalue weighted by Crippen LogP contribution is 2.51. The summed E-state index contributed by atoms with van der Waals surface area (Å²) in [5.74, 6) is -17.0. The van der Waals surface area contributed by atoms with Gasteiger partial charge in [0.2, 0.25) is 47.1 Å². The van der Waals surface area contributed by atoms with Crippen LogP contribution in [0.2, 0.25) is 10.0 Å². The summed E-state index contributed by atoms with van der Waals surface area (Å²) in [4.78, 5) is 129. The average molecular weight is 1720 g/mol. The zero-order valence-corrected chi connectivity index (χ0v) is 65.6. The van der Waals surface area contributed by atoms with Crippen molar-refractivity contribution in [2.75, 3.05) is 6.61 Å². The SMILES string of the molecule is CC(=O)N[C@H]1[C@H](O[C@@H]2c3ccc(c(Cl)c3)Oc3cc4cc(c3O)Oc3ccc(cc3Cl)C[C@H]3NC(=O)[C@H](n5cc6cc7ccccc7cc6c5Sc5nc6ccccc6s5)c5ccc(O)c(c5)Oc5cc(O)cc(c5)[C@H](NC3=O)C(=O)N[C@H]4C(=O)N[C@H]3C(=O)N[C@@H]2C(=O)N[C@H](C(=O)O)c2cc(O)cc(O)c2-c2cc3ccc2O)O[C@H](CO)[C@@H](O)[C@@H]1O. The van der Waals surface area contributed by atoms with Crippen LogP contribution in [0.5, 0.6) is 69.0 Å². The lowest BCUT2D eigenvalue weighted by Crippen LogP contribution is -2.65. The van der Waals surface area contributed by atoms with Gasteiger partial charge in [0.25, 0.3) is 0 Å². The Labute approximate surface area is 700 Å². The number of aliphatic carboxylic acids is 1. The number of carboxylic acids is 1. The topological polar surface area (TPSA) is 487 Å². The molecule has 12 aromatic rings. The normalized spacial score (nSPS) is 22.9. The van der Waals surface area contributed by atoms with Gasteiger partial charge in [0.05, 0.1) is 31.9 Å². The Kier molecular flexibility index (Phi) is 21.2. The first-order chi connectivity index (χ1) is 58.1. The molecule has 32 nitrogen and oxygen atoms in total. The number of benzene rings is 10. The second kappa shape index (κ2) is 32.0. The number of nitrogens with zero attached hydrogens (tertiary/aromatic N) is 2. The third-order valence-electron chi connectivity index (χ3n) is 21.3. The molecule has 13 atom stereocenters. The highest BCUT2D eigenvalue weighted by molar-refractivity contribution is 8.01. The van der Waals surface area contributed by atoms with Crippen molar-refractivity contribution >= 4 is 125 Å². The van der Waals surface area contributed by atoms with E-state index in [2.05, 4.69) is 37.2 Å². The number of nitrogens with one attached hydrogen (secondary N) is 7. The van der Waals surface area contributed by atoms with Gasteiger partial charge in [-0.2, -0.15) is 0 Å². The number of aliphatic hydroxyl groups is 3. The van der Waals surface area contributed by atoms with E-state index in [-0.39, 0.29) is 55.8 Å². The van der Waals surface area contributed by atoms with Crippen molar-refractivity contribution in [3.63, 3.8) is 0 Å². The number of halogens is 2. The van der Waals surface area contributed by atoms with Crippen LogP contribution >= 0.6 is 46.3 Å². The lowest BCUT2D eigenvalue weighted by molar-refractivity contribution is -0.284. The first-order valence-electron chi connectivity index (χ1n) is 37.3. The van der Waals surface area contributed by atoms with Gasteiger partial charge in [-0.15, -0.1) is 11.3 Å². The van der Waals surface area contributed by atoms with Gasteiger partial charge in [0.1, 0.15) is 107 Å². The Balaban J connectivity index is 0.844. The number of hydrogen-bond acceptors (Lipinski definition) is 25. The van der Waals surface area contributed by atoms with Crippen molar-refractivity contribution in [2.45, 2.75) is 102 Å². The standard InChI is InChI=1S/C85H67Cl2N9O23S2/c1-34(98)88-69-74(106)73(105)62(33-97)118-84(69)119-75-40-13-17-58(51(87)25-40)117-61-28-42-27-60(72(61)104)116-57-16-10-35(18-50(57)86)19-53-76(107)91-66(78(109)93-67(42)79(110)92-65-38-11-14-54(101)48(24-38)64-49(30-45(100)31-56(64)103)68(83(113)114)94-80(111)70(75)95-77(65)108)41-21-44(99)29-46(22-41)115-59-26-39(12-15-55(59)102)71(81(112)89-53)96-32-43-20-36-6-2-3-7-37(36)23-47(43)82(96)121-85-90-52-8-4-5-9-63(52)120-85/h2-18,20-32,53,62,65-71,73-75,84,97,99-106H,19,33H2,1H3,(H,88,98)(H,89,112)(H,91,107)(H,92,110)(H,93,109)(H,94,111)(H,95,108)(H,113,114)/t53-,62-,65-,66+,67-,68+,69-,70+,71-,73-,74-,75-,84+/m1/s1. The van der Waals surface area contributed by atoms with Crippen LogP contribution in [-0.2, 0) is 54.3 Å². The van der Waals surface area contributed by atoms with E-state index in [1.54, 1.807) is 10.8 Å². The number of rotatable bonds is 8. The fourth-order valence-electron chi connectivity index (χ4n) is 15.5. The number of phenols is 6. The van der Waals surface area contributed by atoms with Crippen molar-refractivity contribution in [1.29, 1.82) is 0 Å². The maximum Gasteiger partial charge on any atom is 0.330 e. The third kappa shape index (κ3) is 15.5. The van der Waals surface area contributed by atoms with Crippen LogP contribution in [0.25, 0.3) is 42.9 Å². The first kappa shape index (κ1) is 80.0. The van der Waals surface area contributed by atoms with Gasteiger partial charge in [-0.05, 0) is 159 Å². The average Bonchev–Trinajstić information content (AvgIpc) is 1.62. The molecular formula is C85H67Cl2N9O23S2. The molecule has 121 heavy (non-hydrogen) atoms. The third-order valence-corrected chi connectivity index (χ3v) is 24.1. The van der Waals surface area contributed by atoms with Crippen LogP contribution in [0.1, 0.15) is 82.2 Å². The van der Waals surface area contributed by atoms with Gasteiger partial charge in [0, 0.05) is 59.1 Å². The number of aliphatic hydroxyl groups excluding tert-OH is 3. The minimum absolute atomic E-state index is 0.181. The molecule has 2 aromatic heterocycles. The van der Waals surface area contributed by atoms with E-state index in [4.69, 9.17) is 51.9 Å². The van der Waals surface area contributed by atoms with Crippen LogP contribution in [-0.4, -0.2) is 157 Å². The lowest BCUT2D eigenvalue weighted by atomic mass is 9.89. The van der Waals surface area contributed by atoms with Gasteiger partial charge in [-0.1, -0.05) is 83.9 Å². The van der Waals surface area contributed by atoms with E-state index in [1.807, 2.05) is 60.7 Å². The van der Waals surface area contributed by atoms with Crippen LogP contribution < -0.4 is 51.4 Å². The minimum atomic E-state index is -2.41. The maximum absolute atomic E-state index is 16.5. The van der Waals surface area contributed by atoms with Crippen molar-refractivity contribution in [1.82, 2.24) is 46.8 Å². The summed E-state index contributed by atoms with van der Waals surface area (Å²) in [7, 11) is 0. The van der Waals surface area contributed by atoms with E-state index in [9.17, 15) is 60.7 Å². The zero-order valence-electron chi connectivity index (χ0n) is 62.5. The van der Waals surface area contributed by atoms with Crippen LogP contribution in [0.3, 0.4) is 0 Å². The Morgan fingerprint density at radius 2 is 1.22 bits per heavy atom. The first-order valence-corrected chi connectivity index (χ1v) is 39.7. The molecule has 9 heterocycles. The quantitative estimate of drug-likeness (QED) is 0.0673. The second-order valence-electron chi connectivity index (χ2n) is 29.2. The monoisotopic (exact) mass is 1720 g/mol. The largest absolute Gasteiger partial charge is 0.508 e. The second-order valence-corrected chi connectivity index (χ2v) is 32.3. The highest BCUT2D eigenvalue weighted by atomic mass is 35.5. The minimum Gasteiger partial charge on any atom is -0.508 e. The molecule has 36 heteroatoms. The number of fused-ring (bicyclic) bond motifs is 17. The summed E-state index contributed by atoms with van der Waals surface area (Å²) < 4.78 is 35.1. The predicted octanol–water partition coefficient (Wildman–Crippen LogP) is 9.41. The number of aromatic hydroxyl groups is 6. The Hall–Kier alpha value is -13.4. The van der Waals surface area contributed by atoms with E-state index in [0.29, 0.717) is 20.1 Å². The molecule has 0 radical (unpaired) electrons. The number of amides is 7. The molecule has 7 aliphatic rings. The van der Waals surface area contributed by atoms with E-state index in [1.165, 1.54) is 71.6 Å². The molecule has 1 saturated heterocycles. The van der Waals surface area contributed by atoms with Gasteiger partial charge < -0.3 is 117 Å².